The highest BCUT2D eigenvalue weighted by molar-refractivity contribution is 5.85. The van der Waals surface area contributed by atoms with Crippen molar-refractivity contribution in [2.45, 2.75) is 6.92 Å². The van der Waals surface area contributed by atoms with Crippen molar-refractivity contribution in [2.75, 3.05) is 26.7 Å². The zero-order valence-corrected chi connectivity index (χ0v) is 7.45. The van der Waals surface area contributed by atoms with Gasteiger partial charge in [-0.05, 0) is 14.0 Å². The molecule has 0 aromatic heterocycles. The smallest absolute Gasteiger partial charge is 0.330 e. The Balaban J connectivity index is 3.79. The van der Waals surface area contributed by atoms with E-state index in [0.717, 1.165) is 0 Å². The molecule has 0 bridgehead atoms. The molecule has 12 heavy (non-hydrogen) atoms. The van der Waals surface area contributed by atoms with Gasteiger partial charge in [0, 0.05) is 18.7 Å². The van der Waals surface area contributed by atoms with Crippen LogP contribution in [0, 0.1) is 0 Å². The van der Waals surface area contributed by atoms with Crippen molar-refractivity contribution in [1.82, 2.24) is 4.90 Å². The fourth-order valence-corrected chi connectivity index (χ4v) is 0.642. The minimum atomic E-state index is -0.896. The van der Waals surface area contributed by atoms with Crippen LogP contribution in [0.5, 0.6) is 0 Å². The summed E-state index contributed by atoms with van der Waals surface area (Å²) in [5.41, 5.74) is 0.333. The number of carboxylic acid groups (broad SMARTS) is 1. The minimum absolute atomic E-state index is 0.0937. The third-order valence-electron chi connectivity index (χ3n) is 1.53. The first-order valence-electron chi connectivity index (χ1n) is 3.77. The Morgan fingerprint density at radius 2 is 2.17 bits per heavy atom. The summed E-state index contributed by atoms with van der Waals surface area (Å²) in [6.07, 6.45) is 1.62. The van der Waals surface area contributed by atoms with Crippen LogP contribution in [0.4, 0.5) is 0 Å². The van der Waals surface area contributed by atoms with Gasteiger partial charge < -0.3 is 15.1 Å². The number of aliphatic hydroxyl groups is 1. The van der Waals surface area contributed by atoms with E-state index in [1.807, 2.05) is 11.9 Å². The molecule has 2 N–H and O–H groups in total. The van der Waals surface area contributed by atoms with Crippen molar-refractivity contribution in [3.8, 4) is 0 Å². The van der Waals surface area contributed by atoms with Crippen LogP contribution < -0.4 is 0 Å². The van der Waals surface area contributed by atoms with Gasteiger partial charge >= 0.3 is 5.97 Å². The quantitative estimate of drug-likeness (QED) is 0.572. The Hall–Kier alpha value is -0.870. The number of aliphatic hydroxyl groups excluding tert-OH is 1. The molecular weight excluding hydrogens is 158 g/mol. The van der Waals surface area contributed by atoms with Gasteiger partial charge in [-0.1, -0.05) is 6.08 Å². The monoisotopic (exact) mass is 173 g/mol. The zero-order chi connectivity index (χ0) is 9.56. The largest absolute Gasteiger partial charge is 0.478 e. The third kappa shape index (κ3) is 4.87. The molecule has 0 atom stereocenters. The van der Waals surface area contributed by atoms with E-state index < -0.39 is 5.97 Å². The number of likely N-dealkylation sites (N-methyl/N-ethyl adjacent to an activating group) is 1. The summed E-state index contributed by atoms with van der Waals surface area (Å²) in [7, 11) is 1.82. The van der Waals surface area contributed by atoms with Gasteiger partial charge in [0.05, 0.1) is 6.61 Å². The van der Waals surface area contributed by atoms with Gasteiger partial charge in [0.25, 0.3) is 0 Å². The Morgan fingerprint density at radius 3 is 2.58 bits per heavy atom. The van der Waals surface area contributed by atoms with Crippen molar-refractivity contribution in [3.05, 3.63) is 11.6 Å². The molecule has 0 fully saturated rings. The highest BCUT2D eigenvalue weighted by Gasteiger charge is 1.99. The Labute approximate surface area is 72.1 Å². The zero-order valence-electron chi connectivity index (χ0n) is 7.45. The summed E-state index contributed by atoms with van der Waals surface area (Å²) in [4.78, 5) is 12.2. The van der Waals surface area contributed by atoms with E-state index in [4.69, 9.17) is 10.2 Å². The SMILES string of the molecule is CC(=CCN(C)CCO)C(=O)O. The average Bonchev–Trinajstić information content (AvgIpc) is 2.00. The molecule has 0 saturated carbocycles. The third-order valence-corrected chi connectivity index (χ3v) is 1.53. The topological polar surface area (TPSA) is 60.8 Å². The van der Waals surface area contributed by atoms with Crippen LogP contribution in [-0.2, 0) is 4.79 Å². The summed E-state index contributed by atoms with van der Waals surface area (Å²) in [5, 5.41) is 17.0. The van der Waals surface area contributed by atoms with E-state index in [1.165, 1.54) is 0 Å². The van der Waals surface area contributed by atoms with Crippen molar-refractivity contribution >= 4 is 5.97 Å². The predicted molar refractivity (Wildman–Crippen MR) is 46.0 cm³/mol. The van der Waals surface area contributed by atoms with Gasteiger partial charge in [0.2, 0.25) is 0 Å². The van der Waals surface area contributed by atoms with Crippen molar-refractivity contribution in [1.29, 1.82) is 0 Å². The van der Waals surface area contributed by atoms with Crippen LogP contribution >= 0.6 is 0 Å². The van der Waals surface area contributed by atoms with E-state index in [2.05, 4.69) is 0 Å². The summed E-state index contributed by atoms with van der Waals surface area (Å²) in [5.74, 6) is -0.896. The van der Waals surface area contributed by atoms with Crippen molar-refractivity contribution in [3.63, 3.8) is 0 Å². The van der Waals surface area contributed by atoms with Gasteiger partial charge in [-0.25, -0.2) is 4.79 Å². The molecule has 0 amide bonds. The second-order valence-electron chi connectivity index (χ2n) is 2.68. The molecule has 0 aromatic carbocycles. The van der Waals surface area contributed by atoms with E-state index in [-0.39, 0.29) is 6.61 Å². The first-order chi connectivity index (χ1) is 5.57. The number of rotatable bonds is 5. The molecule has 70 valence electrons. The van der Waals surface area contributed by atoms with Gasteiger partial charge in [-0.3, -0.25) is 0 Å². The summed E-state index contributed by atoms with van der Waals surface area (Å²) < 4.78 is 0. The molecule has 0 heterocycles. The molecule has 0 saturated heterocycles. The molecule has 4 heteroatoms. The number of carbonyl (C=O) groups is 1. The molecular formula is C8H15NO3. The number of carboxylic acids is 1. The predicted octanol–water partition coefficient (Wildman–Crippen LogP) is -0.0586. The second-order valence-corrected chi connectivity index (χ2v) is 2.68. The highest BCUT2D eigenvalue weighted by Crippen LogP contribution is 1.92. The maximum Gasteiger partial charge on any atom is 0.330 e. The van der Waals surface area contributed by atoms with Crippen LogP contribution in [0.15, 0.2) is 11.6 Å². The van der Waals surface area contributed by atoms with Gasteiger partial charge in [0.1, 0.15) is 0 Å². The summed E-state index contributed by atoms with van der Waals surface area (Å²) >= 11 is 0. The van der Waals surface area contributed by atoms with E-state index >= 15 is 0 Å². The Morgan fingerprint density at radius 1 is 1.58 bits per heavy atom. The van der Waals surface area contributed by atoms with Crippen LogP contribution in [0.1, 0.15) is 6.92 Å². The van der Waals surface area contributed by atoms with Crippen molar-refractivity contribution in [2.24, 2.45) is 0 Å². The first-order valence-corrected chi connectivity index (χ1v) is 3.77. The molecule has 0 radical (unpaired) electrons. The van der Waals surface area contributed by atoms with Crippen LogP contribution in [0.3, 0.4) is 0 Å². The highest BCUT2D eigenvalue weighted by atomic mass is 16.4. The lowest BCUT2D eigenvalue weighted by atomic mass is 10.3. The first kappa shape index (κ1) is 11.1. The lowest BCUT2D eigenvalue weighted by molar-refractivity contribution is -0.132. The van der Waals surface area contributed by atoms with E-state index in [9.17, 15) is 4.79 Å². The second kappa shape index (κ2) is 5.74. The fourth-order valence-electron chi connectivity index (χ4n) is 0.642. The number of hydrogen-bond acceptors (Lipinski definition) is 3. The van der Waals surface area contributed by atoms with Crippen LogP contribution in [-0.4, -0.2) is 47.8 Å². The standard InChI is InChI=1S/C8H15NO3/c1-7(8(11)12)3-4-9(2)5-6-10/h3,10H,4-6H2,1-2H3,(H,11,12). The molecule has 0 aromatic rings. The summed E-state index contributed by atoms with van der Waals surface area (Å²) in [6, 6.07) is 0. The molecule has 0 aliphatic heterocycles. The van der Waals surface area contributed by atoms with Crippen LogP contribution in [0.2, 0.25) is 0 Å². The van der Waals surface area contributed by atoms with Crippen LogP contribution in [0.25, 0.3) is 0 Å². The number of aliphatic carboxylic acids is 1. The van der Waals surface area contributed by atoms with Gasteiger partial charge in [-0.15, -0.1) is 0 Å². The maximum atomic E-state index is 10.3. The Bertz CT molecular complexity index is 177. The van der Waals surface area contributed by atoms with Gasteiger partial charge in [-0.2, -0.15) is 0 Å². The molecule has 0 spiro atoms. The van der Waals surface area contributed by atoms with E-state index in [0.29, 0.717) is 18.7 Å². The average molecular weight is 173 g/mol. The van der Waals surface area contributed by atoms with E-state index in [1.54, 1.807) is 13.0 Å². The molecule has 0 aliphatic carbocycles. The number of hydrogen-bond donors (Lipinski definition) is 2. The maximum absolute atomic E-state index is 10.3. The molecule has 4 nitrogen and oxygen atoms in total. The normalized spacial score (nSPS) is 12.2. The van der Waals surface area contributed by atoms with Crippen molar-refractivity contribution < 1.29 is 15.0 Å². The lowest BCUT2D eigenvalue weighted by Crippen LogP contribution is -2.22. The molecule has 0 aliphatic rings. The number of nitrogens with zero attached hydrogens (tertiary/aromatic N) is 1. The lowest BCUT2D eigenvalue weighted by Gasteiger charge is -2.11. The van der Waals surface area contributed by atoms with Gasteiger partial charge in [0.15, 0.2) is 0 Å². The fraction of sp³-hybridized carbons (Fsp3) is 0.625. The molecule has 0 rings (SSSR count). The summed E-state index contributed by atoms with van der Waals surface area (Å²) in [6.45, 7) is 2.76. The minimum Gasteiger partial charge on any atom is -0.478 e. The molecule has 0 unspecified atom stereocenters. The Kier molecular flexibility index (Phi) is 5.32.